The molecule has 0 unspecified atom stereocenters. The Kier molecular flexibility index (Phi) is 4.12. The minimum absolute atomic E-state index is 0.307. The van der Waals surface area contributed by atoms with Crippen molar-refractivity contribution in [2.45, 2.75) is 63.1 Å². The molecule has 0 spiro atoms. The fraction of sp³-hybridized carbons (Fsp3) is 0.733. The second-order valence-electron chi connectivity index (χ2n) is 6.71. The number of hydrogen-bond acceptors (Lipinski definition) is 3. The van der Waals surface area contributed by atoms with Gasteiger partial charge < -0.3 is 9.88 Å². The van der Waals surface area contributed by atoms with Crippen LogP contribution in [-0.2, 0) is 16.6 Å². The van der Waals surface area contributed by atoms with Gasteiger partial charge in [-0.15, -0.1) is 0 Å². The van der Waals surface area contributed by atoms with Crippen molar-refractivity contribution in [2.24, 2.45) is 5.92 Å². The maximum atomic E-state index is 12.4. The monoisotopic (exact) mass is 311 g/mol. The summed E-state index contributed by atoms with van der Waals surface area (Å²) in [7, 11) is -3.38. The molecule has 2 aliphatic rings. The zero-order valence-electron chi connectivity index (χ0n) is 12.8. The normalized spacial score (nSPS) is 19.4. The Hall–Kier alpha value is -0.850. The van der Waals surface area contributed by atoms with Crippen molar-refractivity contribution in [3.8, 4) is 0 Å². The van der Waals surface area contributed by atoms with Crippen LogP contribution in [0.1, 0.15) is 51.3 Å². The van der Waals surface area contributed by atoms with E-state index in [1.54, 1.807) is 0 Å². The van der Waals surface area contributed by atoms with Gasteiger partial charge in [0.1, 0.15) is 0 Å². The quantitative estimate of drug-likeness (QED) is 0.772. The number of sulfonamides is 1. The highest BCUT2D eigenvalue weighted by Gasteiger charge is 2.29. The average molecular weight is 311 g/mol. The fourth-order valence-corrected chi connectivity index (χ4v) is 3.64. The molecule has 3 rings (SSSR count). The molecule has 5 nitrogen and oxygen atoms in total. The SMILES string of the molecule is CC(C)CNS(=O)(=O)c1cc(CNC2CC2)n(C2CC2)c1. The van der Waals surface area contributed by atoms with Crippen LogP contribution in [-0.4, -0.2) is 25.6 Å². The summed E-state index contributed by atoms with van der Waals surface area (Å²) in [6.45, 7) is 5.25. The summed E-state index contributed by atoms with van der Waals surface area (Å²) in [4.78, 5) is 0.405. The van der Waals surface area contributed by atoms with Crippen molar-refractivity contribution >= 4 is 10.0 Å². The van der Waals surface area contributed by atoms with Gasteiger partial charge in [0.05, 0.1) is 4.90 Å². The zero-order valence-corrected chi connectivity index (χ0v) is 13.6. The molecule has 1 heterocycles. The van der Waals surface area contributed by atoms with Crippen LogP contribution < -0.4 is 10.0 Å². The largest absolute Gasteiger partial charge is 0.346 e. The van der Waals surface area contributed by atoms with Crippen molar-refractivity contribution in [1.29, 1.82) is 0 Å². The number of hydrogen-bond donors (Lipinski definition) is 2. The van der Waals surface area contributed by atoms with E-state index in [-0.39, 0.29) is 0 Å². The van der Waals surface area contributed by atoms with E-state index < -0.39 is 10.0 Å². The fourth-order valence-electron chi connectivity index (χ4n) is 2.37. The van der Waals surface area contributed by atoms with E-state index in [1.807, 2.05) is 26.1 Å². The highest BCUT2D eigenvalue weighted by atomic mass is 32.2. The van der Waals surface area contributed by atoms with Crippen LogP contribution in [0.15, 0.2) is 17.2 Å². The molecule has 2 N–H and O–H groups in total. The maximum absolute atomic E-state index is 12.4. The van der Waals surface area contributed by atoms with Gasteiger partial charge in [-0.05, 0) is 37.7 Å². The Bertz CT molecular complexity index is 598. The molecule has 0 bridgehead atoms. The Morgan fingerprint density at radius 3 is 2.57 bits per heavy atom. The molecule has 2 fully saturated rings. The lowest BCUT2D eigenvalue weighted by Crippen LogP contribution is -2.27. The second kappa shape index (κ2) is 5.74. The third kappa shape index (κ3) is 3.87. The predicted octanol–water partition coefficient (Wildman–Crippen LogP) is 2.01. The summed E-state index contributed by atoms with van der Waals surface area (Å²) in [6.07, 6.45) is 6.61. The van der Waals surface area contributed by atoms with Crippen molar-refractivity contribution < 1.29 is 8.42 Å². The second-order valence-corrected chi connectivity index (χ2v) is 8.47. The molecule has 1 aromatic rings. The van der Waals surface area contributed by atoms with E-state index in [0.29, 0.717) is 29.4 Å². The van der Waals surface area contributed by atoms with E-state index in [0.717, 1.165) is 25.1 Å². The van der Waals surface area contributed by atoms with Crippen molar-refractivity contribution in [2.75, 3.05) is 6.54 Å². The first kappa shape index (κ1) is 15.1. The van der Waals surface area contributed by atoms with Crippen LogP contribution in [0.2, 0.25) is 0 Å². The highest BCUT2D eigenvalue weighted by molar-refractivity contribution is 7.89. The molecule has 21 heavy (non-hydrogen) atoms. The molecule has 118 valence electrons. The molecule has 2 aliphatic carbocycles. The summed E-state index contributed by atoms with van der Waals surface area (Å²) < 4.78 is 29.5. The summed E-state index contributed by atoms with van der Waals surface area (Å²) in [5.41, 5.74) is 1.09. The Morgan fingerprint density at radius 1 is 1.29 bits per heavy atom. The van der Waals surface area contributed by atoms with Crippen LogP contribution in [0.4, 0.5) is 0 Å². The summed E-state index contributed by atoms with van der Waals surface area (Å²) in [5, 5.41) is 3.47. The smallest absolute Gasteiger partial charge is 0.242 e. The van der Waals surface area contributed by atoms with E-state index in [4.69, 9.17) is 0 Å². The van der Waals surface area contributed by atoms with Gasteiger partial charge in [0.2, 0.25) is 10.0 Å². The summed E-state index contributed by atoms with van der Waals surface area (Å²) in [5.74, 6) is 0.307. The molecule has 0 atom stereocenters. The van der Waals surface area contributed by atoms with Crippen LogP contribution in [0.5, 0.6) is 0 Å². The lowest BCUT2D eigenvalue weighted by molar-refractivity contribution is 0.559. The third-order valence-electron chi connectivity index (χ3n) is 3.99. The molecule has 1 aromatic heterocycles. The Balaban J connectivity index is 1.76. The van der Waals surface area contributed by atoms with E-state index in [9.17, 15) is 8.42 Å². The van der Waals surface area contributed by atoms with Crippen LogP contribution in [0, 0.1) is 5.92 Å². The molecule has 0 saturated heterocycles. The van der Waals surface area contributed by atoms with Gasteiger partial charge in [0.25, 0.3) is 0 Å². The predicted molar refractivity (Wildman–Crippen MR) is 82.6 cm³/mol. The summed E-state index contributed by atoms with van der Waals surface area (Å²) in [6, 6.07) is 2.96. The molecule has 6 heteroatoms. The average Bonchev–Trinajstić information content (AvgIpc) is 3.34. The van der Waals surface area contributed by atoms with Gasteiger partial charge >= 0.3 is 0 Å². The first-order valence-electron chi connectivity index (χ1n) is 7.89. The van der Waals surface area contributed by atoms with Crippen LogP contribution in [0.3, 0.4) is 0 Å². The topological polar surface area (TPSA) is 63.1 Å². The highest BCUT2D eigenvalue weighted by Crippen LogP contribution is 2.37. The molecule has 2 saturated carbocycles. The number of nitrogens with one attached hydrogen (secondary N) is 2. The lowest BCUT2D eigenvalue weighted by Gasteiger charge is -2.07. The van der Waals surface area contributed by atoms with Gasteiger partial charge in [-0.25, -0.2) is 13.1 Å². The van der Waals surface area contributed by atoms with Gasteiger partial charge in [-0.2, -0.15) is 0 Å². The van der Waals surface area contributed by atoms with Crippen LogP contribution >= 0.6 is 0 Å². The van der Waals surface area contributed by atoms with Crippen molar-refractivity contribution in [3.63, 3.8) is 0 Å². The first-order valence-corrected chi connectivity index (χ1v) is 9.38. The van der Waals surface area contributed by atoms with Crippen molar-refractivity contribution in [1.82, 2.24) is 14.6 Å². The van der Waals surface area contributed by atoms with Crippen molar-refractivity contribution in [3.05, 3.63) is 18.0 Å². The number of aromatic nitrogens is 1. The van der Waals surface area contributed by atoms with E-state index in [2.05, 4.69) is 14.6 Å². The summed E-state index contributed by atoms with van der Waals surface area (Å²) >= 11 is 0. The maximum Gasteiger partial charge on any atom is 0.242 e. The zero-order chi connectivity index (χ0) is 15.0. The third-order valence-corrected chi connectivity index (χ3v) is 5.38. The van der Waals surface area contributed by atoms with Gasteiger partial charge in [-0.3, -0.25) is 0 Å². The number of nitrogens with zero attached hydrogens (tertiary/aromatic N) is 1. The molecular formula is C15H25N3O2S. The molecule has 0 radical (unpaired) electrons. The molecule has 0 amide bonds. The molecule has 0 aliphatic heterocycles. The standard InChI is InChI=1S/C15H25N3O2S/c1-11(2)8-17-21(19,20)15-7-14(9-16-12-3-4-12)18(10-15)13-5-6-13/h7,10-13,16-17H,3-6,8-9H2,1-2H3. The van der Waals surface area contributed by atoms with E-state index >= 15 is 0 Å². The van der Waals surface area contributed by atoms with Crippen LogP contribution in [0.25, 0.3) is 0 Å². The lowest BCUT2D eigenvalue weighted by atomic mass is 10.2. The minimum Gasteiger partial charge on any atom is -0.346 e. The molecule has 0 aromatic carbocycles. The first-order chi connectivity index (χ1) is 9.95. The van der Waals surface area contributed by atoms with Gasteiger partial charge in [-0.1, -0.05) is 13.8 Å². The van der Waals surface area contributed by atoms with Gasteiger partial charge in [0, 0.05) is 37.1 Å². The molecular weight excluding hydrogens is 286 g/mol. The Morgan fingerprint density at radius 2 is 2.00 bits per heavy atom. The van der Waals surface area contributed by atoms with Gasteiger partial charge in [0.15, 0.2) is 0 Å². The Labute approximate surface area is 127 Å². The number of rotatable bonds is 8. The van der Waals surface area contributed by atoms with E-state index in [1.165, 1.54) is 12.8 Å². The minimum atomic E-state index is -3.38.